The first-order chi connectivity index (χ1) is 13.5. The average Bonchev–Trinajstić information content (AvgIpc) is 2.71. The average molecular weight is 411 g/mol. The van der Waals surface area contributed by atoms with E-state index in [9.17, 15) is 0 Å². The monoisotopic (exact) mass is 410 g/mol. The van der Waals surface area contributed by atoms with Gasteiger partial charge in [-0.05, 0) is 41.5 Å². The number of hydrogen-bond donors (Lipinski definition) is 4. The number of rotatable bonds is 8. The lowest BCUT2D eigenvalue weighted by Crippen LogP contribution is -2.11. The number of benzene rings is 3. The number of ether oxygens (including phenoxy) is 2. The van der Waals surface area contributed by atoms with E-state index in [1.54, 1.807) is 24.3 Å². The number of amidine groups is 2. The van der Waals surface area contributed by atoms with Gasteiger partial charge in [0, 0.05) is 11.1 Å². The summed E-state index contributed by atoms with van der Waals surface area (Å²) < 4.78 is 11.6. The Hall–Kier alpha value is -3.51. The molecule has 0 heterocycles. The summed E-state index contributed by atoms with van der Waals surface area (Å²) in [6.45, 7) is 0.796. The highest BCUT2D eigenvalue weighted by Gasteiger charge is 2.03. The molecule has 6 N–H and O–H groups in total. The van der Waals surface area contributed by atoms with Gasteiger partial charge >= 0.3 is 0 Å². The lowest BCUT2D eigenvalue weighted by Gasteiger charge is -2.10. The van der Waals surface area contributed by atoms with E-state index < -0.39 is 0 Å². The van der Waals surface area contributed by atoms with Crippen LogP contribution in [-0.4, -0.2) is 11.7 Å². The van der Waals surface area contributed by atoms with E-state index >= 15 is 0 Å². The van der Waals surface area contributed by atoms with Crippen molar-refractivity contribution < 1.29 is 9.47 Å². The Balaban J connectivity index is 0.00000300. The molecule has 3 aromatic rings. The van der Waals surface area contributed by atoms with E-state index in [0.717, 1.165) is 11.1 Å². The fourth-order valence-electron chi connectivity index (χ4n) is 2.65. The Morgan fingerprint density at radius 3 is 1.48 bits per heavy atom. The summed E-state index contributed by atoms with van der Waals surface area (Å²) in [5.41, 5.74) is 14.3. The van der Waals surface area contributed by atoms with Crippen molar-refractivity contribution in [2.75, 3.05) is 0 Å². The van der Waals surface area contributed by atoms with Gasteiger partial charge in [-0.3, -0.25) is 10.8 Å². The first kappa shape index (κ1) is 21.8. The van der Waals surface area contributed by atoms with Crippen LogP contribution in [0, 0.1) is 10.8 Å². The molecule has 29 heavy (non-hydrogen) atoms. The van der Waals surface area contributed by atoms with Gasteiger partial charge in [-0.2, -0.15) is 0 Å². The molecule has 0 radical (unpaired) electrons. The summed E-state index contributed by atoms with van der Waals surface area (Å²) in [4.78, 5) is 0. The second-order valence-electron chi connectivity index (χ2n) is 6.28. The van der Waals surface area contributed by atoms with Crippen molar-refractivity contribution in [1.29, 1.82) is 10.8 Å². The van der Waals surface area contributed by atoms with Crippen LogP contribution in [0.2, 0.25) is 0 Å². The minimum Gasteiger partial charge on any atom is -0.489 e. The van der Waals surface area contributed by atoms with Gasteiger partial charge in [0.05, 0.1) is 0 Å². The summed E-state index contributed by atoms with van der Waals surface area (Å²) in [5.74, 6) is 1.35. The fourth-order valence-corrected chi connectivity index (χ4v) is 2.65. The molecule has 0 unspecified atom stereocenters. The molecule has 0 aromatic heterocycles. The van der Waals surface area contributed by atoms with Crippen LogP contribution in [0.5, 0.6) is 11.5 Å². The molecule has 0 atom stereocenters. The van der Waals surface area contributed by atoms with Crippen LogP contribution in [0.15, 0.2) is 72.8 Å². The number of nitrogen functional groups attached to an aromatic ring is 2. The highest BCUT2D eigenvalue weighted by molar-refractivity contribution is 5.95. The maximum absolute atomic E-state index is 7.50. The maximum Gasteiger partial charge on any atom is 0.122 e. The quantitative estimate of drug-likeness (QED) is 0.333. The minimum atomic E-state index is 0. The molecule has 0 saturated heterocycles. The molecule has 3 aromatic carbocycles. The van der Waals surface area contributed by atoms with E-state index in [0.29, 0.717) is 35.8 Å². The van der Waals surface area contributed by atoms with Crippen molar-refractivity contribution in [3.8, 4) is 11.5 Å². The molecule has 7 heteroatoms. The fraction of sp³-hybridized carbons (Fsp3) is 0.0909. The van der Waals surface area contributed by atoms with Crippen LogP contribution in [0.4, 0.5) is 0 Å². The van der Waals surface area contributed by atoms with Gasteiger partial charge in [0.2, 0.25) is 0 Å². The highest BCUT2D eigenvalue weighted by Crippen LogP contribution is 2.18. The third-order valence-corrected chi connectivity index (χ3v) is 4.09. The normalized spacial score (nSPS) is 9.93. The molecule has 0 fully saturated rings. The smallest absolute Gasteiger partial charge is 0.122 e. The second-order valence-corrected chi connectivity index (χ2v) is 6.28. The predicted octanol–water partition coefficient (Wildman–Crippen LogP) is 3.83. The minimum absolute atomic E-state index is 0. The maximum atomic E-state index is 7.50. The molecule has 0 spiro atoms. The van der Waals surface area contributed by atoms with E-state index in [1.165, 1.54) is 0 Å². The van der Waals surface area contributed by atoms with Crippen molar-refractivity contribution in [3.05, 3.63) is 95.1 Å². The van der Waals surface area contributed by atoms with Crippen molar-refractivity contribution in [1.82, 2.24) is 0 Å². The zero-order chi connectivity index (χ0) is 19.9. The molecular formula is C22H23ClN4O2. The Kier molecular flexibility index (Phi) is 7.62. The van der Waals surface area contributed by atoms with E-state index in [4.69, 9.17) is 31.8 Å². The summed E-state index contributed by atoms with van der Waals surface area (Å²) in [7, 11) is 0. The second kappa shape index (κ2) is 10.1. The molecule has 0 aliphatic carbocycles. The lowest BCUT2D eigenvalue weighted by atomic mass is 10.1. The van der Waals surface area contributed by atoms with Crippen LogP contribution in [-0.2, 0) is 13.2 Å². The van der Waals surface area contributed by atoms with Crippen LogP contribution in [0.25, 0.3) is 0 Å². The van der Waals surface area contributed by atoms with E-state index in [-0.39, 0.29) is 24.1 Å². The van der Waals surface area contributed by atoms with Crippen molar-refractivity contribution in [3.63, 3.8) is 0 Å². The Labute approximate surface area is 175 Å². The van der Waals surface area contributed by atoms with Gasteiger partial charge in [0.1, 0.15) is 36.4 Å². The first-order valence-corrected chi connectivity index (χ1v) is 8.73. The third kappa shape index (κ3) is 6.26. The van der Waals surface area contributed by atoms with Crippen LogP contribution >= 0.6 is 12.4 Å². The van der Waals surface area contributed by atoms with E-state index in [2.05, 4.69) is 0 Å². The van der Waals surface area contributed by atoms with E-state index in [1.807, 2.05) is 48.5 Å². The van der Waals surface area contributed by atoms with Crippen LogP contribution < -0.4 is 20.9 Å². The Morgan fingerprint density at radius 2 is 1.07 bits per heavy atom. The summed E-state index contributed by atoms with van der Waals surface area (Å²) >= 11 is 0. The molecule has 0 aliphatic heterocycles. The number of nitrogens with one attached hydrogen (secondary N) is 2. The SMILES string of the molecule is Cl.N=C(N)c1cccc(OCc2cccc(COc3cccc(C(=N)N)c3)c2)c1. The van der Waals surface area contributed by atoms with Crippen LogP contribution in [0.1, 0.15) is 22.3 Å². The van der Waals surface area contributed by atoms with Crippen molar-refractivity contribution in [2.45, 2.75) is 13.2 Å². The highest BCUT2D eigenvalue weighted by atomic mass is 35.5. The van der Waals surface area contributed by atoms with Gasteiger partial charge in [0.25, 0.3) is 0 Å². The number of hydrogen-bond acceptors (Lipinski definition) is 4. The zero-order valence-electron chi connectivity index (χ0n) is 15.7. The number of nitrogens with two attached hydrogens (primary N) is 2. The molecular weight excluding hydrogens is 388 g/mol. The van der Waals surface area contributed by atoms with Gasteiger partial charge in [0.15, 0.2) is 0 Å². The standard InChI is InChI=1S/C22H22N4O2.ClH/c23-21(24)17-6-2-8-19(11-17)27-13-15-4-1-5-16(10-15)14-28-20-9-3-7-18(12-20)22(25)26;/h1-12H,13-14H2,(H3,23,24)(H3,25,26);1H. The summed E-state index contributed by atoms with van der Waals surface area (Å²) in [6.07, 6.45) is 0. The van der Waals surface area contributed by atoms with Gasteiger partial charge in [-0.1, -0.05) is 42.5 Å². The van der Waals surface area contributed by atoms with Crippen molar-refractivity contribution >= 4 is 24.1 Å². The summed E-state index contributed by atoms with van der Waals surface area (Å²) in [6, 6.07) is 22.3. The molecule has 0 amide bonds. The number of halogens is 1. The molecule has 0 saturated carbocycles. The largest absolute Gasteiger partial charge is 0.489 e. The van der Waals surface area contributed by atoms with Crippen LogP contribution in [0.3, 0.4) is 0 Å². The third-order valence-electron chi connectivity index (χ3n) is 4.09. The molecule has 3 rings (SSSR count). The van der Waals surface area contributed by atoms with Gasteiger partial charge in [-0.25, -0.2) is 0 Å². The zero-order valence-corrected chi connectivity index (χ0v) is 16.5. The first-order valence-electron chi connectivity index (χ1n) is 8.73. The lowest BCUT2D eigenvalue weighted by molar-refractivity contribution is 0.300. The molecule has 0 bridgehead atoms. The molecule has 150 valence electrons. The molecule has 0 aliphatic rings. The molecule has 6 nitrogen and oxygen atoms in total. The predicted molar refractivity (Wildman–Crippen MR) is 117 cm³/mol. The summed E-state index contributed by atoms with van der Waals surface area (Å²) in [5, 5.41) is 15.0. The van der Waals surface area contributed by atoms with Crippen molar-refractivity contribution in [2.24, 2.45) is 11.5 Å². The Morgan fingerprint density at radius 1 is 0.655 bits per heavy atom. The van der Waals surface area contributed by atoms with Gasteiger partial charge in [-0.15, -0.1) is 12.4 Å². The van der Waals surface area contributed by atoms with Gasteiger partial charge < -0.3 is 20.9 Å². The Bertz CT molecular complexity index is 931. The topological polar surface area (TPSA) is 118 Å².